The lowest BCUT2D eigenvalue weighted by Gasteiger charge is -2.39. The average molecular weight is 732 g/mol. The Morgan fingerprint density at radius 2 is 1.79 bits per heavy atom. The predicted octanol–water partition coefficient (Wildman–Crippen LogP) is 3.79. The number of aromatic amines is 1. The van der Waals surface area contributed by atoms with Crippen LogP contribution in [0.25, 0.3) is 0 Å². The number of amides is 2. The molecule has 0 bridgehead atoms. The molecule has 0 radical (unpaired) electrons. The lowest BCUT2D eigenvalue weighted by atomic mass is 10.0. The zero-order valence-corrected chi connectivity index (χ0v) is 24.3. The highest BCUT2D eigenvalue weighted by molar-refractivity contribution is 9.13. The van der Waals surface area contributed by atoms with Crippen LogP contribution in [0.3, 0.4) is 0 Å². The van der Waals surface area contributed by atoms with Crippen LogP contribution in [0.15, 0.2) is 30.3 Å². The van der Waals surface area contributed by atoms with Gasteiger partial charge in [0, 0.05) is 13.1 Å². The number of ether oxygens (including phenoxy) is 2. The quantitative estimate of drug-likeness (QED) is 0.399. The van der Waals surface area contributed by atoms with E-state index in [1.165, 1.54) is 19.1 Å². The van der Waals surface area contributed by atoms with Gasteiger partial charge in [-0.3, -0.25) is 19.2 Å². The van der Waals surface area contributed by atoms with Gasteiger partial charge in [-0.15, -0.1) is 0 Å². The smallest absolute Gasteiger partial charge is 0.307 e. The van der Waals surface area contributed by atoms with E-state index in [0.29, 0.717) is 29.5 Å². The Labute approximate surface area is 228 Å². The van der Waals surface area contributed by atoms with Crippen molar-refractivity contribution in [1.29, 1.82) is 0 Å². The molecule has 184 valence electrons. The van der Waals surface area contributed by atoms with E-state index in [0.717, 1.165) is 0 Å². The number of aromatic nitrogens is 2. The van der Waals surface area contributed by atoms with E-state index in [9.17, 15) is 19.2 Å². The SMILES string of the molecule is COC(=O)CC(CNC(=O)c1cc(Br)c(Br)[nH]1)N1CC(CC(=O)OC)n2c(cc(Br)c2Br)C1=O. The van der Waals surface area contributed by atoms with Crippen LogP contribution >= 0.6 is 63.7 Å². The minimum absolute atomic E-state index is 0.00876. The monoisotopic (exact) mass is 728 g/mol. The summed E-state index contributed by atoms with van der Waals surface area (Å²) in [6.07, 6.45) is -0.135. The van der Waals surface area contributed by atoms with E-state index in [1.54, 1.807) is 16.7 Å². The summed E-state index contributed by atoms with van der Waals surface area (Å²) in [6, 6.07) is 2.08. The Morgan fingerprint density at radius 3 is 2.38 bits per heavy atom. The van der Waals surface area contributed by atoms with Crippen LogP contribution in [0.1, 0.15) is 39.9 Å². The van der Waals surface area contributed by atoms with Crippen molar-refractivity contribution in [2.75, 3.05) is 27.3 Å². The van der Waals surface area contributed by atoms with E-state index in [2.05, 4.69) is 74.0 Å². The van der Waals surface area contributed by atoms with Crippen molar-refractivity contribution in [2.24, 2.45) is 0 Å². The van der Waals surface area contributed by atoms with Crippen LogP contribution in [0, 0.1) is 0 Å². The molecule has 2 N–H and O–H groups in total. The van der Waals surface area contributed by atoms with Gasteiger partial charge in [0.25, 0.3) is 11.8 Å². The maximum atomic E-state index is 13.4. The van der Waals surface area contributed by atoms with E-state index >= 15 is 0 Å². The number of H-pyrrole nitrogens is 1. The molecule has 34 heavy (non-hydrogen) atoms. The lowest BCUT2D eigenvalue weighted by molar-refractivity contribution is -0.143. The van der Waals surface area contributed by atoms with Crippen molar-refractivity contribution in [1.82, 2.24) is 19.8 Å². The van der Waals surface area contributed by atoms with Gasteiger partial charge in [0.15, 0.2) is 0 Å². The number of methoxy groups -OCH3 is 2. The Balaban J connectivity index is 1.89. The van der Waals surface area contributed by atoms with E-state index in [4.69, 9.17) is 9.47 Å². The topological polar surface area (TPSA) is 123 Å². The molecular formula is C20H20Br4N4O6. The van der Waals surface area contributed by atoms with Gasteiger partial charge in [-0.05, 0) is 75.9 Å². The molecule has 2 aromatic rings. The summed E-state index contributed by atoms with van der Waals surface area (Å²) in [5.41, 5.74) is 0.628. The highest BCUT2D eigenvalue weighted by Crippen LogP contribution is 2.36. The number of carbonyl (C=O) groups excluding carboxylic acids is 4. The number of halogens is 4. The largest absolute Gasteiger partial charge is 0.469 e. The third-order valence-corrected chi connectivity index (χ3v) is 9.08. The molecule has 0 aromatic carbocycles. The highest BCUT2D eigenvalue weighted by Gasteiger charge is 2.39. The molecule has 10 nitrogen and oxygen atoms in total. The van der Waals surface area contributed by atoms with Gasteiger partial charge in [-0.2, -0.15) is 0 Å². The van der Waals surface area contributed by atoms with Crippen LogP contribution in [0.2, 0.25) is 0 Å². The minimum atomic E-state index is -0.716. The van der Waals surface area contributed by atoms with Gasteiger partial charge >= 0.3 is 11.9 Å². The molecule has 2 aromatic heterocycles. The molecule has 0 fully saturated rings. The average Bonchev–Trinajstić information content (AvgIpc) is 3.31. The van der Waals surface area contributed by atoms with Gasteiger partial charge in [-0.25, -0.2) is 0 Å². The summed E-state index contributed by atoms with van der Waals surface area (Å²) >= 11 is 13.5. The second kappa shape index (κ2) is 11.4. The second-order valence-electron chi connectivity index (χ2n) is 7.42. The maximum Gasteiger partial charge on any atom is 0.307 e. The van der Waals surface area contributed by atoms with Crippen molar-refractivity contribution < 1.29 is 28.7 Å². The molecule has 1 aliphatic heterocycles. The molecule has 0 saturated heterocycles. The van der Waals surface area contributed by atoms with Crippen LogP contribution < -0.4 is 5.32 Å². The first-order valence-corrected chi connectivity index (χ1v) is 13.1. The van der Waals surface area contributed by atoms with E-state index < -0.39 is 29.9 Å². The van der Waals surface area contributed by atoms with Gasteiger partial charge in [-0.1, -0.05) is 0 Å². The minimum Gasteiger partial charge on any atom is -0.469 e. The van der Waals surface area contributed by atoms with Gasteiger partial charge < -0.3 is 29.2 Å². The fourth-order valence-corrected chi connectivity index (χ4v) is 5.34. The van der Waals surface area contributed by atoms with E-state index in [1.807, 2.05) is 0 Å². The Kier molecular flexibility index (Phi) is 9.04. The van der Waals surface area contributed by atoms with Crippen molar-refractivity contribution in [3.05, 3.63) is 41.7 Å². The van der Waals surface area contributed by atoms with Crippen LogP contribution in [0.4, 0.5) is 0 Å². The van der Waals surface area contributed by atoms with Crippen LogP contribution in [-0.2, 0) is 19.1 Å². The van der Waals surface area contributed by atoms with Crippen LogP contribution in [-0.4, -0.2) is 71.6 Å². The van der Waals surface area contributed by atoms with Gasteiger partial charge in [0.05, 0.1) is 57.3 Å². The molecule has 3 heterocycles. The van der Waals surface area contributed by atoms with Gasteiger partial charge in [0.1, 0.15) is 11.4 Å². The van der Waals surface area contributed by atoms with Crippen molar-refractivity contribution in [2.45, 2.75) is 24.9 Å². The summed E-state index contributed by atoms with van der Waals surface area (Å²) in [5, 5.41) is 2.76. The fourth-order valence-electron chi connectivity index (χ4n) is 3.68. The Hall–Kier alpha value is -1.64. The standard InChI is InChI=1S/C20H20Br4N4O6/c1-33-15(29)3-9(7-25-19(31)13-5-11(21)17(23)26-13)27-8-10(4-16(30)34-2)28-14(20(27)32)6-12(22)18(28)24/h5-6,9-10,26H,3-4,7-8H2,1-2H3,(H,25,31). The van der Waals surface area contributed by atoms with Crippen LogP contribution in [0.5, 0.6) is 0 Å². The molecule has 2 unspecified atom stereocenters. The number of nitrogens with one attached hydrogen (secondary N) is 2. The molecule has 3 rings (SSSR count). The third-order valence-electron chi connectivity index (χ3n) is 5.35. The normalized spacial score (nSPS) is 16.1. The number of esters is 2. The molecule has 0 aliphatic carbocycles. The van der Waals surface area contributed by atoms with Crippen molar-refractivity contribution >= 4 is 87.5 Å². The third kappa shape index (κ3) is 5.77. The van der Waals surface area contributed by atoms with E-state index in [-0.39, 0.29) is 31.8 Å². The first-order valence-electron chi connectivity index (χ1n) is 9.90. The Bertz CT molecular complexity index is 1110. The number of nitrogens with zero attached hydrogens (tertiary/aromatic N) is 2. The number of hydrogen-bond acceptors (Lipinski definition) is 6. The first-order chi connectivity index (χ1) is 16.1. The molecule has 1 aliphatic rings. The second-order valence-corrected chi connectivity index (χ2v) is 10.7. The highest BCUT2D eigenvalue weighted by atomic mass is 79.9. The molecule has 0 saturated carbocycles. The summed E-state index contributed by atoms with van der Waals surface area (Å²) in [4.78, 5) is 54.7. The summed E-state index contributed by atoms with van der Waals surface area (Å²) in [6.45, 7) is 0.111. The summed E-state index contributed by atoms with van der Waals surface area (Å²) in [5.74, 6) is -1.74. The zero-order chi connectivity index (χ0) is 25.2. The molecule has 2 atom stereocenters. The van der Waals surface area contributed by atoms with Crippen molar-refractivity contribution in [3.63, 3.8) is 0 Å². The molecule has 14 heteroatoms. The number of hydrogen-bond donors (Lipinski definition) is 2. The predicted molar refractivity (Wildman–Crippen MR) is 135 cm³/mol. The Morgan fingerprint density at radius 1 is 1.12 bits per heavy atom. The summed E-state index contributed by atoms with van der Waals surface area (Å²) < 4.78 is 13.9. The maximum absolute atomic E-state index is 13.4. The molecular weight excluding hydrogens is 712 g/mol. The number of carbonyl (C=O) groups is 4. The molecule has 0 spiro atoms. The number of rotatable bonds is 8. The lowest BCUT2D eigenvalue weighted by Crippen LogP contribution is -2.53. The van der Waals surface area contributed by atoms with Crippen molar-refractivity contribution in [3.8, 4) is 0 Å². The molecule has 2 amide bonds. The zero-order valence-electron chi connectivity index (χ0n) is 18.0. The fraction of sp³-hybridized carbons (Fsp3) is 0.400. The summed E-state index contributed by atoms with van der Waals surface area (Å²) in [7, 11) is 2.55. The number of fused-ring (bicyclic) bond motifs is 1. The van der Waals surface area contributed by atoms with Gasteiger partial charge in [0.2, 0.25) is 0 Å². The first kappa shape index (κ1) is 27.0.